The van der Waals surface area contributed by atoms with Crippen molar-refractivity contribution in [2.45, 2.75) is 50.7 Å². The van der Waals surface area contributed by atoms with Gasteiger partial charge < -0.3 is 24.5 Å². The number of aromatic nitrogens is 2. The summed E-state index contributed by atoms with van der Waals surface area (Å²) in [6.45, 7) is 9.86. The molecule has 3 N–H and O–H groups in total. The maximum atomic E-state index is 13.4. The van der Waals surface area contributed by atoms with E-state index in [-0.39, 0.29) is 17.2 Å². The Labute approximate surface area is 236 Å². The summed E-state index contributed by atoms with van der Waals surface area (Å²) in [4.78, 5) is 17.6. The van der Waals surface area contributed by atoms with Crippen molar-refractivity contribution in [3.63, 3.8) is 0 Å². The number of nitrogens with one attached hydrogen (secondary N) is 2. The number of imidazole rings is 1. The van der Waals surface area contributed by atoms with E-state index in [0.717, 1.165) is 18.7 Å². The zero-order valence-electron chi connectivity index (χ0n) is 23.6. The van der Waals surface area contributed by atoms with E-state index in [0.29, 0.717) is 34.9 Å². The molecule has 2 unspecified atom stereocenters. The first-order valence-corrected chi connectivity index (χ1v) is 14.6. The first kappa shape index (κ1) is 31.0. The van der Waals surface area contributed by atoms with Crippen molar-refractivity contribution in [3.05, 3.63) is 83.4 Å². The molecule has 0 fully saturated rings. The van der Waals surface area contributed by atoms with Crippen LogP contribution in [-0.4, -0.2) is 55.3 Å². The van der Waals surface area contributed by atoms with E-state index in [2.05, 4.69) is 21.6 Å². The molecule has 0 bridgehead atoms. The van der Waals surface area contributed by atoms with Crippen molar-refractivity contribution in [1.29, 1.82) is 0 Å². The predicted octanol–water partition coefficient (Wildman–Crippen LogP) is 3.51. The van der Waals surface area contributed by atoms with Crippen LogP contribution in [0.25, 0.3) is 5.70 Å². The molecule has 0 radical (unpaired) electrons. The standard InChI is InChI=1S/C29H38N4O6S/c1-7-12-26-30-20(4)27(33(26)5)29(35)31-19(3)23-17-22(15-16-25(23)39-8-2)40(36,37)32-24(18-38-6)28(34)21-13-10-9-11-14-21/h9-11,13-17,24,28,32,34H,3,7-8,12,18H2,1-2,4-6H3,(H,31,35). The fraction of sp³-hybridized carbons (Fsp3) is 0.379. The summed E-state index contributed by atoms with van der Waals surface area (Å²) in [5.41, 5.74) is 2.00. The molecular formula is C29H38N4O6S. The first-order chi connectivity index (χ1) is 19.0. The molecule has 1 amide bonds. The van der Waals surface area contributed by atoms with Crippen LogP contribution in [0.15, 0.2) is 60.0 Å². The number of rotatable bonds is 14. The topological polar surface area (TPSA) is 132 Å². The lowest BCUT2D eigenvalue weighted by atomic mass is 10.0. The molecule has 0 aliphatic carbocycles. The predicted molar refractivity (Wildman–Crippen MR) is 153 cm³/mol. The Kier molecular flexibility index (Phi) is 10.6. The Hall–Kier alpha value is -3.51. The Morgan fingerprint density at radius 3 is 2.50 bits per heavy atom. The number of nitrogens with zero attached hydrogens (tertiary/aromatic N) is 2. The zero-order chi connectivity index (χ0) is 29.4. The lowest BCUT2D eigenvalue weighted by Crippen LogP contribution is -2.42. The average molecular weight is 571 g/mol. The Morgan fingerprint density at radius 1 is 1.18 bits per heavy atom. The lowest BCUT2D eigenvalue weighted by Gasteiger charge is -2.24. The van der Waals surface area contributed by atoms with Gasteiger partial charge in [-0.05, 0) is 44.0 Å². The van der Waals surface area contributed by atoms with Crippen molar-refractivity contribution in [3.8, 4) is 5.75 Å². The molecule has 0 spiro atoms. The van der Waals surface area contributed by atoms with E-state index in [1.807, 2.05) is 6.92 Å². The van der Waals surface area contributed by atoms with E-state index in [4.69, 9.17) is 9.47 Å². The smallest absolute Gasteiger partial charge is 0.274 e. The number of methoxy groups -OCH3 is 1. The Bertz CT molecular complexity index is 1440. The van der Waals surface area contributed by atoms with Crippen LogP contribution in [0.2, 0.25) is 0 Å². The van der Waals surface area contributed by atoms with Gasteiger partial charge in [0.25, 0.3) is 5.91 Å². The number of carbonyl (C=O) groups excluding carboxylic acids is 1. The minimum Gasteiger partial charge on any atom is -0.493 e. The molecule has 3 aromatic rings. The third-order valence-corrected chi connectivity index (χ3v) is 7.86. The molecule has 216 valence electrons. The van der Waals surface area contributed by atoms with Gasteiger partial charge in [0.2, 0.25) is 10.0 Å². The summed E-state index contributed by atoms with van der Waals surface area (Å²) in [6.07, 6.45) is 0.474. The summed E-state index contributed by atoms with van der Waals surface area (Å²) in [7, 11) is -0.921. The van der Waals surface area contributed by atoms with E-state index in [1.54, 1.807) is 55.8 Å². The fourth-order valence-electron chi connectivity index (χ4n) is 4.43. The Balaban J connectivity index is 1.91. The number of benzene rings is 2. The number of aliphatic hydroxyl groups excluding tert-OH is 1. The second-order valence-electron chi connectivity index (χ2n) is 9.33. The number of amides is 1. The molecule has 0 aliphatic heterocycles. The largest absolute Gasteiger partial charge is 0.493 e. The van der Waals surface area contributed by atoms with Gasteiger partial charge >= 0.3 is 0 Å². The number of hydrogen-bond acceptors (Lipinski definition) is 7. The van der Waals surface area contributed by atoms with Gasteiger partial charge in [0.15, 0.2) is 0 Å². The molecule has 2 atom stereocenters. The molecule has 40 heavy (non-hydrogen) atoms. The summed E-state index contributed by atoms with van der Waals surface area (Å²) < 4.78 is 42.1. The number of carbonyl (C=O) groups is 1. The van der Waals surface area contributed by atoms with Gasteiger partial charge in [-0.1, -0.05) is 43.8 Å². The summed E-state index contributed by atoms with van der Waals surface area (Å²) in [6, 6.07) is 12.1. The molecule has 11 heteroatoms. The van der Waals surface area contributed by atoms with Gasteiger partial charge in [-0.25, -0.2) is 18.1 Å². The highest BCUT2D eigenvalue weighted by Crippen LogP contribution is 2.28. The van der Waals surface area contributed by atoms with E-state index >= 15 is 0 Å². The SMILES string of the molecule is C=C(NC(=O)c1c(C)nc(CCC)n1C)c1cc(S(=O)(=O)NC(COC)C(O)c2ccccc2)ccc1OCC. The summed E-state index contributed by atoms with van der Waals surface area (Å²) >= 11 is 0. The van der Waals surface area contributed by atoms with Crippen molar-refractivity contribution in [2.24, 2.45) is 7.05 Å². The fourth-order valence-corrected chi connectivity index (χ4v) is 5.68. The van der Waals surface area contributed by atoms with E-state index < -0.39 is 28.1 Å². The van der Waals surface area contributed by atoms with Gasteiger partial charge in [0, 0.05) is 31.8 Å². The van der Waals surface area contributed by atoms with Gasteiger partial charge in [-0.2, -0.15) is 0 Å². The molecule has 2 aromatic carbocycles. The highest BCUT2D eigenvalue weighted by Gasteiger charge is 2.28. The molecule has 0 saturated heterocycles. The maximum Gasteiger partial charge on any atom is 0.274 e. The molecular weight excluding hydrogens is 532 g/mol. The normalized spacial score (nSPS) is 13.1. The molecule has 0 aliphatic rings. The van der Waals surface area contributed by atoms with Gasteiger partial charge in [-0.15, -0.1) is 0 Å². The number of hydrogen-bond donors (Lipinski definition) is 3. The van der Waals surface area contributed by atoms with Crippen LogP contribution in [0.5, 0.6) is 5.75 Å². The van der Waals surface area contributed by atoms with Crippen LogP contribution in [0.4, 0.5) is 0 Å². The van der Waals surface area contributed by atoms with Gasteiger partial charge in [0.1, 0.15) is 17.3 Å². The third-order valence-electron chi connectivity index (χ3n) is 6.38. The lowest BCUT2D eigenvalue weighted by molar-refractivity contribution is 0.0799. The highest BCUT2D eigenvalue weighted by molar-refractivity contribution is 7.89. The average Bonchev–Trinajstić information content (AvgIpc) is 3.21. The monoisotopic (exact) mass is 570 g/mol. The first-order valence-electron chi connectivity index (χ1n) is 13.1. The zero-order valence-corrected chi connectivity index (χ0v) is 24.4. The maximum absolute atomic E-state index is 13.4. The van der Waals surface area contributed by atoms with Crippen LogP contribution in [-0.2, 0) is 28.2 Å². The van der Waals surface area contributed by atoms with Crippen molar-refractivity contribution < 1.29 is 27.8 Å². The van der Waals surface area contributed by atoms with Crippen LogP contribution in [0.3, 0.4) is 0 Å². The van der Waals surface area contributed by atoms with E-state index in [1.165, 1.54) is 25.3 Å². The van der Waals surface area contributed by atoms with Crippen molar-refractivity contribution in [1.82, 2.24) is 19.6 Å². The second kappa shape index (κ2) is 13.7. The quantitative estimate of drug-likeness (QED) is 0.270. The Morgan fingerprint density at radius 2 is 1.88 bits per heavy atom. The highest BCUT2D eigenvalue weighted by atomic mass is 32.2. The van der Waals surface area contributed by atoms with Crippen molar-refractivity contribution >= 4 is 21.6 Å². The van der Waals surface area contributed by atoms with Gasteiger partial charge in [-0.3, -0.25) is 4.79 Å². The third kappa shape index (κ3) is 7.16. The van der Waals surface area contributed by atoms with Crippen LogP contribution < -0.4 is 14.8 Å². The van der Waals surface area contributed by atoms with Crippen molar-refractivity contribution in [2.75, 3.05) is 20.3 Å². The van der Waals surface area contributed by atoms with Gasteiger partial charge in [0.05, 0.1) is 35.9 Å². The molecule has 1 heterocycles. The van der Waals surface area contributed by atoms with E-state index in [9.17, 15) is 18.3 Å². The molecule has 3 rings (SSSR count). The number of sulfonamides is 1. The second-order valence-corrected chi connectivity index (χ2v) is 11.0. The number of ether oxygens (including phenoxy) is 2. The molecule has 10 nitrogen and oxygen atoms in total. The molecule has 0 saturated carbocycles. The minimum atomic E-state index is -4.13. The number of aryl methyl sites for hydroxylation is 2. The summed E-state index contributed by atoms with van der Waals surface area (Å²) in [5.74, 6) is 0.742. The number of aliphatic hydroxyl groups is 1. The minimum absolute atomic E-state index is 0.0635. The van der Waals surface area contributed by atoms with Crippen LogP contribution in [0, 0.1) is 6.92 Å². The van der Waals surface area contributed by atoms with Crippen LogP contribution >= 0.6 is 0 Å². The molecule has 1 aromatic heterocycles. The summed E-state index contributed by atoms with van der Waals surface area (Å²) in [5, 5.41) is 13.6. The van der Waals surface area contributed by atoms with Crippen LogP contribution in [0.1, 0.15) is 59.5 Å².